The zero-order valence-electron chi connectivity index (χ0n) is 17.3. The van der Waals surface area contributed by atoms with Crippen LogP contribution in [0, 0.1) is 0 Å². The molecule has 0 aliphatic carbocycles. The predicted molar refractivity (Wildman–Crippen MR) is 122 cm³/mol. The Labute approximate surface area is 182 Å². The first-order valence-electron chi connectivity index (χ1n) is 10.1. The molecule has 0 spiro atoms. The maximum absolute atomic E-state index is 12.8. The summed E-state index contributed by atoms with van der Waals surface area (Å²) in [6.07, 6.45) is -0.240. The van der Waals surface area contributed by atoms with Crippen molar-refractivity contribution in [3.8, 4) is 0 Å². The fraction of sp³-hybridized carbons (Fsp3) is 0.167. The molecule has 0 aliphatic rings. The molecule has 0 fully saturated rings. The molecule has 0 saturated carbocycles. The molecule has 2 amide bonds. The molecular formula is C24H24N2O4Si. The normalized spacial score (nSPS) is 11.3. The lowest BCUT2D eigenvalue weighted by Gasteiger charge is -2.31. The Balaban J connectivity index is 2.00. The van der Waals surface area contributed by atoms with E-state index in [-0.39, 0.29) is 6.61 Å². The maximum atomic E-state index is 12.8. The van der Waals surface area contributed by atoms with Crippen LogP contribution in [0.25, 0.3) is 0 Å². The summed E-state index contributed by atoms with van der Waals surface area (Å²) < 4.78 is 11.0. The molecule has 0 unspecified atom stereocenters. The summed E-state index contributed by atoms with van der Waals surface area (Å²) in [5.74, 6) is 0. The van der Waals surface area contributed by atoms with E-state index in [4.69, 9.17) is 9.16 Å². The average Bonchev–Trinajstić information content (AvgIpc) is 2.83. The van der Waals surface area contributed by atoms with Gasteiger partial charge in [0.2, 0.25) is 0 Å². The van der Waals surface area contributed by atoms with Gasteiger partial charge in [-0.05, 0) is 22.0 Å². The van der Waals surface area contributed by atoms with Gasteiger partial charge in [-0.2, -0.15) is 0 Å². The lowest BCUT2D eigenvalue weighted by atomic mass is 10.3. The van der Waals surface area contributed by atoms with E-state index in [1.54, 1.807) is 0 Å². The van der Waals surface area contributed by atoms with Crippen molar-refractivity contribution in [1.29, 1.82) is 0 Å². The SMILES string of the molecule is CCCCOC(=O)/N=N/C(=O)O[Si](c1ccccc1)(c1ccccc1)c1ccccc1. The summed E-state index contributed by atoms with van der Waals surface area (Å²) in [5.41, 5.74) is 0. The monoisotopic (exact) mass is 432 g/mol. The quantitative estimate of drug-likeness (QED) is 0.243. The molecule has 0 atom stereocenters. The molecule has 0 radical (unpaired) electrons. The van der Waals surface area contributed by atoms with Crippen LogP contribution in [0.5, 0.6) is 0 Å². The van der Waals surface area contributed by atoms with Gasteiger partial charge in [-0.25, -0.2) is 9.59 Å². The van der Waals surface area contributed by atoms with Crippen LogP contribution in [-0.4, -0.2) is 27.1 Å². The molecule has 0 N–H and O–H groups in total. The number of carbonyl (C=O) groups excluding carboxylic acids is 2. The van der Waals surface area contributed by atoms with Gasteiger partial charge in [-0.15, -0.1) is 0 Å². The van der Waals surface area contributed by atoms with E-state index in [1.807, 2.05) is 97.9 Å². The third kappa shape index (κ3) is 5.52. The number of hydrogen-bond acceptors (Lipinski definition) is 4. The number of benzene rings is 3. The van der Waals surface area contributed by atoms with E-state index in [2.05, 4.69) is 10.2 Å². The predicted octanol–water partition coefficient (Wildman–Crippen LogP) is 4.18. The Bertz CT molecular complexity index is 915. The van der Waals surface area contributed by atoms with Crippen LogP contribution in [0.4, 0.5) is 9.59 Å². The molecule has 158 valence electrons. The van der Waals surface area contributed by atoms with Gasteiger partial charge in [-0.1, -0.05) is 115 Å². The second-order valence-corrected chi connectivity index (χ2v) is 10.1. The van der Waals surface area contributed by atoms with Crippen LogP contribution in [0.3, 0.4) is 0 Å². The molecule has 0 aliphatic heterocycles. The number of hydrogen-bond donors (Lipinski definition) is 0. The summed E-state index contributed by atoms with van der Waals surface area (Å²) in [6.45, 7) is 2.22. The van der Waals surface area contributed by atoms with Gasteiger partial charge >= 0.3 is 20.5 Å². The summed E-state index contributed by atoms with van der Waals surface area (Å²) in [7, 11) is -3.25. The highest BCUT2D eigenvalue weighted by Crippen LogP contribution is 2.11. The highest BCUT2D eigenvalue weighted by Gasteiger charge is 2.45. The van der Waals surface area contributed by atoms with Crippen molar-refractivity contribution in [2.75, 3.05) is 6.61 Å². The first-order valence-corrected chi connectivity index (χ1v) is 12.1. The number of unbranched alkanes of at least 4 members (excludes halogenated alkanes) is 1. The van der Waals surface area contributed by atoms with Crippen LogP contribution in [0.15, 0.2) is 101 Å². The second kappa shape index (κ2) is 11.0. The molecule has 3 aromatic rings. The minimum atomic E-state index is -3.25. The number of amides is 2. The molecule has 0 aromatic heterocycles. The van der Waals surface area contributed by atoms with Gasteiger partial charge in [0.25, 0.3) is 0 Å². The maximum Gasteiger partial charge on any atom is 0.452 e. The lowest BCUT2D eigenvalue weighted by molar-refractivity contribution is 0.152. The van der Waals surface area contributed by atoms with Gasteiger partial charge < -0.3 is 9.16 Å². The van der Waals surface area contributed by atoms with E-state index in [9.17, 15) is 9.59 Å². The molecule has 31 heavy (non-hydrogen) atoms. The van der Waals surface area contributed by atoms with Gasteiger partial charge in [0.1, 0.15) is 0 Å². The molecule has 0 bridgehead atoms. The van der Waals surface area contributed by atoms with Crippen molar-refractivity contribution in [3.05, 3.63) is 91.0 Å². The first kappa shape index (κ1) is 22.1. The highest BCUT2D eigenvalue weighted by molar-refractivity contribution is 7.07. The van der Waals surface area contributed by atoms with E-state index in [1.165, 1.54) is 0 Å². The van der Waals surface area contributed by atoms with Crippen LogP contribution < -0.4 is 15.6 Å². The largest absolute Gasteiger partial charge is 0.487 e. The Kier molecular flexibility index (Phi) is 7.83. The zero-order valence-corrected chi connectivity index (χ0v) is 18.3. The summed E-state index contributed by atoms with van der Waals surface area (Å²) in [5, 5.41) is 9.49. The van der Waals surface area contributed by atoms with Crippen molar-refractivity contribution >= 4 is 36.1 Å². The second-order valence-electron chi connectivity index (χ2n) is 6.82. The van der Waals surface area contributed by atoms with Crippen LogP contribution in [-0.2, 0) is 9.16 Å². The fourth-order valence-electron chi connectivity index (χ4n) is 3.26. The number of carbonyl (C=O) groups is 2. The van der Waals surface area contributed by atoms with E-state index >= 15 is 0 Å². The fourth-order valence-corrected chi connectivity index (χ4v) is 6.90. The van der Waals surface area contributed by atoms with Crippen LogP contribution >= 0.6 is 0 Å². The minimum Gasteiger partial charge on any atom is -0.487 e. The van der Waals surface area contributed by atoms with Gasteiger partial charge in [0.05, 0.1) is 6.61 Å². The average molecular weight is 433 g/mol. The smallest absolute Gasteiger partial charge is 0.452 e. The Morgan fingerprint density at radius 3 is 1.55 bits per heavy atom. The topological polar surface area (TPSA) is 77.3 Å². The summed E-state index contributed by atoms with van der Waals surface area (Å²) >= 11 is 0. The van der Waals surface area contributed by atoms with Crippen molar-refractivity contribution in [2.45, 2.75) is 19.8 Å². The summed E-state index contributed by atoms with van der Waals surface area (Å²) in [6, 6.07) is 28.8. The zero-order chi connectivity index (χ0) is 21.9. The third-order valence-electron chi connectivity index (χ3n) is 4.72. The van der Waals surface area contributed by atoms with E-state index < -0.39 is 20.5 Å². The van der Waals surface area contributed by atoms with Crippen molar-refractivity contribution in [2.24, 2.45) is 10.2 Å². The Morgan fingerprint density at radius 2 is 1.13 bits per heavy atom. The van der Waals surface area contributed by atoms with Gasteiger partial charge in [-0.3, -0.25) is 0 Å². The lowest BCUT2D eigenvalue weighted by Crippen LogP contribution is -2.69. The number of nitrogens with zero attached hydrogens (tertiary/aromatic N) is 2. The minimum absolute atomic E-state index is 0.236. The number of azo groups is 1. The van der Waals surface area contributed by atoms with Crippen molar-refractivity contribution in [1.82, 2.24) is 0 Å². The van der Waals surface area contributed by atoms with Gasteiger partial charge in [0, 0.05) is 0 Å². The Hall–Kier alpha value is -3.58. The molecule has 7 heteroatoms. The van der Waals surface area contributed by atoms with Crippen LogP contribution in [0.1, 0.15) is 19.8 Å². The Morgan fingerprint density at radius 1 is 0.710 bits per heavy atom. The standard InChI is InChI=1S/C24H24N2O4Si/c1-2-3-19-29-23(27)25-26-24(28)30-31(20-13-7-4-8-14-20,21-15-9-5-10-16-21)22-17-11-6-12-18-22/h4-18H,2-3,19H2,1H3/b26-25+. The highest BCUT2D eigenvalue weighted by atomic mass is 28.4. The molecule has 3 rings (SSSR count). The van der Waals surface area contributed by atoms with Crippen molar-refractivity contribution < 1.29 is 18.8 Å². The number of rotatable bonds is 7. The third-order valence-corrected chi connectivity index (χ3v) is 8.64. The molecule has 0 heterocycles. The molecular weight excluding hydrogens is 408 g/mol. The molecule has 6 nitrogen and oxygen atoms in total. The van der Waals surface area contributed by atoms with Crippen LogP contribution in [0.2, 0.25) is 0 Å². The van der Waals surface area contributed by atoms with Crippen molar-refractivity contribution in [3.63, 3.8) is 0 Å². The van der Waals surface area contributed by atoms with E-state index in [0.717, 1.165) is 28.4 Å². The van der Waals surface area contributed by atoms with E-state index in [0.29, 0.717) is 0 Å². The number of ether oxygens (including phenoxy) is 1. The first-order chi connectivity index (χ1) is 15.2. The molecule has 3 aromatic carbocycles. The molecule has 0 saturated heterocycles. The summed E-state index contributed by atoms with van der Waals surface area (Å²) in [4.78, 5) is 24.5. The van der Waals surface area contributed by atoms with Gasteiger partial charge in [0.15, 0.2) is 0 Å².